The molecule has 0 unspecified atom stereocenters. The Morgan fingerprint density at radius 3 is 2.50 bits per heavy atom. The number of aromatic nitrogens is 2. The third-order valence-electron chi connectivity index (χ3n) is 6.80. The monoisotopic (exact) mass is 678 g/mol. The van der Waals surface area contributed by atoms with E-state index in [0.717, 1.165) is 17.0 Å². The number of alkyl carbamates (subject to hydrolysis) is 1. The fraction of sp³-hybridized carbons (Fsp3) is 0.464. The van der Waals surface area contributed by atoms with Crippen LogP contribution in [0.15, 0.2) is 40.3 Å². The van der Waals surface area contributed by atoms with Crippen molar-refractivity contribution in [3.63, 3.8) is 0 Å². The van der Waals surface area contributed by atoms with Crippen LogP contribution in [-0.2, 0) is 27.7 Å². The van der Waals surface area contributed by atoms with Gasteiger partial charge in [0.25, 0.3) is 5.56 Å². The molecule has 44 heavy (non-hydrogen) atoms. The molecule has 16 heteroatoms. The van der Waals surface area contributed by atoms with E-state index in [1.807, 2.05) is 0 Å². The van der Waals surface area contributed by atoms with Crippen LogP contribution >= 0.6 is 23.2 Å². The number of alkyl halides is 3. The van der Waals surface area contributed by atoms with Crippen molar-refractivity contribution in [2.45, 2.75) is 70.1 Å². The third kappa shape index (κ3) is 8.14. The molecule has 0 saturated carbocycles. The van der Waals surface area contributed by atoms with Gasteiger partial charge in [-0.15, -0.1) is 13.2 Å². The smallest absolute Gasteiger partial charge is 0.444 e. The summed E-state index contributed by atoms with van der Waals surface area (Å²) < 4.78 is 76.4. The molecular formula is C28H31Cl2F3N4O6S. The lowest BCUT2D eigenvalue weighted by Gasteiger charge is -2.23. The summed E-state index contributed by atoms with van der Waals surface area (Å²) in [7, 11) is -3.69. The van der Waals surface area contributed by atoms with E-state index in [0.29, 0.717) is 19.5 Å². The van der Waals surface area contributed by atoms with E-state index >= 15 is 0 Å². The lowest BCUT2D eigenvalue weighted by molar-refractivity contribution is -0.274. The number of rotatable bonds is 8. The zero-order valence-corrected chi connectivity index (χ0v) is 26.6. The first-order valence-electron chi connectivity index (χ1n) is 13.6. The number of likely N-dealkylation sites (tertiary alicyclic amines) is 1. The van der Waals surface area contributed by atoms with Gasteiger partial charge >= 0.3 is 12.5 Å². The summed E-state index contributed by atoms with van der Waals surface area (Å²) in [6.07, 6.45) is -4.04. The summed E-state index contributed by atoms with van der Waals surface area (Å²) in [6, 6.07) is 4.77. The van der Waals surface area contributed by atoms with Gasteiger partial charge in [0.15, 0.2) is 9.84 Å². The minimum Gasteiger partial charge on any atom is -0.444 e. The molecule has 4 rings (SSSR count). The topological polar surface area (TPSA) is 120 Å². The van der Waals surface area contributed by atoms with Crippen molar-refractivity contribution >= 4 is 50.0 Å². The van der Waals surface area contributed by atoms with Gasteiger partial charge < -0.3 is 14.8 Å². The number of hydrogen-bond donors (Lipinski definition) is 1. The number of ether oxygens (including phenoxy) is 2. The number of hydrogen-bond acceptors (Lipinski definition) is 8. The van der Waals surface area contributed by atoms with Crippen molar-refractivity contribution in [1.82, 2.24) is 19.8 Å². The van der Waals surface area contributed by atoms with E-state index in [1.165, 1.54) is 25.1 Å². The van der Waals surface area contributed by atoms with Crippen LogP contribution in [0.3, 0.4) is 0 Å². The molecule has 1 aromatic heterocycles. The van der Waals surface area contributed by atoms with Crippen LogP contribution in [0.4, 0.5) is 18.0 Å². The number of amides is 1. The summed E-state index contributed by atoms with van der Waals surface area (Å²) in [5, 5.41) is 2.53. The number of carbonyl (C=O) groups is 1. The van der Waals surface area contributed by atoms with Crippen molar-refractivity contribution in [2.75, 3.05) is 18.8 Å². The Morgan fingerprint density at radius 2 is 1.86 bits per heavy atom. The zero-order chi connectivity index (χ0) is 32.6. The molecule has 2 aromatic carbocycles. The maximum absolute atomic E-state index is 13.5. The molecule has 0 radical (unpaired) electrons. The average molecular weight is 680 g/mol. The van der Waals surface area contributed by atoms with Gasteiger partial charge in [-0.3, -0.25) is 14.3 Å². The molecule has 1 saturated heterocycles. The first-order chi connectivity index (χ1) is 20.4. The van der Waals surface area contributed by atoms with Gasteiger partial charge in [-0.05, 0) is 57.0 Å². The molecule has 1 fully saturated rings. The summed E-state index contributed by atoms with van der Waals surface area (Å²) in [6.45, 7) is 7.03. The highest BCUT2D eigenvalue weighted by Crippen LogP contribution is 2.37. The van der Waals surface area contributed by atoms with Crippen LogP contribution in [0.25, 0.3) is 10.9 Å². The molecule has 1 aliphatic heterocycles. The van der Waals surface area contributed by atoms with E-state index in [1.54, 1.807) is 25.7 Å². The molecule has 0 bridgehead atoms. The molecule has 0 aliphatic carbocycles. The van der Waals surface area contributed by atoms with Crippen molar-refractivity contribution in [3.05, 3.63) is 62.1 Å². The van der Waals surface area contributed by atoms with Gasteiger partial charge in [-0.1, -0.05) is 30.1 Å². The number of carbonyl (C=O) groups excluding carboxylic acids is 1. The second-order valence-corrected chi connectivity index (χ2v) is 14.4. The molecule has 1 amide bonds. The highest BCUT2D eigenvalue weighted by Gasteiger charge is 2.35. The van der Waals surface area contributed by atoms with Crippen molar-refractivity contribution in [3.8, 4) is 5.75 Å². The van der Waals surface area contributed by atoms with E-state index in [-0.39, 0.29) is 61.9 Å². The van der Waals surface area contributed by atoms with Crippen molar-refractivity contribution in [2.24, 2.45) is 0 Å². The van der Waals surface area contributed by atoms with Crippen LogP contribution in [0.2, 0.25) is 10.0 Å². The van der Waals surface area contributed by atoms with E-state index in [4.69, 9.17) is 27.9 Å². The number of fused-ring (bicyclic) bond motifs is 1. The van der Waals surface area contributed by atoms with E-state index < -0.39 is 39.2 Å². The molecule has 1 atom stereocenters. The molecule has 1 N–H and O–H groups in total. The van der Waals surface area contributed by atoms with Crippen LogP contribution in [-0.4, -0.2) is 65.8 Å². The van der Waals surface area contributed by atoms with Crippen LogP contribution < -0.4 is 15.6 Å². The van der Waals surface area contributed by atoms with Gasteiger partial charge in [-0.25, -0.2) is 18.2 Å². The Balaban J connectivity index is 1.69. The molecule has 3 aromatic rings. The lowest BCUT2D eigenvalue weighted by Crippen LogP contribution is -2.40. The number of halogens is 5. The molecule has 2 heterocycles. The highest BCUT2D eigenvalue weighted by atomic mass is 35.5. The molecule has 10 nitrogen and oxygen atoms in total. The highest BCUT2D eigenvalue weighted by molar-refractivity contribution is 7.91. The zero-order valence-electron chi connectivity index (χ0n) is 24.3. The fourth-order valence-corrected chi connectivity index (χ4v) is 6.47. The van der Waals surface area contributed by atoms with Crippen molar-refractivity contribution in [1.29, 1.82) is 0 Å². The molecule has 1 aliphatic rings. The first kappa shape index (κ1) is 33.8. The Labute approximate surface area is 262 Å². The summed E-state index contributed by atoms with van der Waals surface area (Å²) >= 11 is 12.7. The Kier molecular flexibility index (Phi) is 9.79. The maximum atomic E-state index is 13.5. The largest absolute Gasteiger partial charge is 0.573 e. The summed E-state index contributed by atoms with van der Waals surface area (Å²) in [5.74, 6) is -0.870. The third-order valence-corrected chi connectivity index (χ3v) is 9.27. The quantitative estimate of drug-likeness (QED) is 0.330. The van der Waals surface area contributed by atoms with Gasteiger partial charge in [0.1, 0.15) is 11.4 Å². The average Bonchev–Trinajstić information content (AvgIpc) is 3.32. The second kappa shape index (κ2) is 12.7. The van der Waals surface area contributed by atoms with Gasteiger partial charge in [0.2, 0.25) is 0 Å². The number of nitrogens with one attached hydrogen (secondary N) is 1. The summed E-state index contributed by atoms with van der Waals surface area (Å²) in [5.41, 5.74) is -1.34. The summed E-state index contributed by atoms with van der Waals surface area (Å²) in [4.78, 5) is 31.7. The normalized spacial score (nSPS) is 16.3. The lowest BCUT2D eigenvalue weighted by atomic mass is 10.1. The predicted molar refractivity (Wildman–Crippen MR) is 159 cm³/mol. The number of nitrogens with zero attached hydrogens (tertiary/aromatic N) is 3. The Morgan fingerprint density at radius 1 is 1.16 bits per heavy atom. The van der Waals surface area contributed by atoms with Crippen LogP contribution in [0, 0.1) is 0 Å². The molecule has 0 spiro atoms. The maximum Gasteiger partial charge on any atom is 0.573 e. The minimum absolute atomic E-state index is 0.0315. The van der Waals surface area contributed by atoms with Crippen LogP contribution in [0.5, 0.6) is 5.75 Å². The second-order valence-electron chi connectivity index (χ2n) is 11.3. The molecular weight excluding hydrogens is 648 g/mol. The fourth-order valence-electron chi connectivity index (χ4n) is 4.86. The minimum atomic E-state index is -5.09. The van der Waals surface area contributed by atoms with Crippen molar-refractivity contribution < 1.29 is 35.9 Å². The first-order valence-corrected chi connectivity index (χ1v) is 16.0. The van der Waals surface area contributed by atoms with Gasteiger partial charge in [0, 0.05) is 36.3 Å². The van der Waals surface area contributed by atoms with Crippen LogP contribution in [0.1, 0.15) is 45.2 Å². The van der Waals surface area contributed by atoms with Gasteiger partial charge in [0.05, 0.1) is 39.4 Å². The van der Waals surface area contributed by atoms with E-state index in [2.05, 4.69) is 15.0 Å². The number of benzene rings is 2. The predicted octanol–water partition coefficient (Wildman–Crippen LogP) is 5.54. The molecule has 240 valence electrons. The number of sulfone groups is 1. The standard InChI is InChI=1S/C28H31Cl2F3N4O6S/c1-5-44(40,41)22-7-6-17(29)10-16(22)12-37-15-34-24-19(25(37)38)11-21(42-28(31,32)33)20(23(24)30)14-36-9-8-18(13-36)35-26(39)43-27(2,3)4/h6-7,10-11,15,18H,5,8-9,12-14H2,1-4H3,(H,35,39)/t18-/m1/s1. The Hall–Kier alpha value is -3.07. The van der Waals surface area contributed by atoms with Gasteiger partial charge in [-0.2, -0.15) is 0 Å². The SMILES string of the molecule is CCS(=O)(=O)c1ccc(Cl)cc1Cn1cnc2c(Cl)c(CN3CC[C@@H](NC(=O)OC(C)(C)C)C3)c(OC(F)(F)F)cc2c1=O. The van der Waals surface area contributed by atoms with E-state index in [9.17, 15) is 31.2 Å². The Bertz CT molecular complexity index is 1740.